The van der Waals surface area contributed by atoms with Gasteiger partial charge in [0.2, 0.25) is 0 Å². The molecule has 2 aromatic rings. The van der Waals surface area contributed by atoms with Gasteiger partial charge >= 0.3 is 0 Å². The average Bonchev–Trinajstić information content (AvgIpc) is 2.46. The van der Waals surface area contributed by atoms with Crippen molar-refractivity contribution >= 4 is 11.6 Å². The quantitative estimate of drug-likeness (QED) is 0.768. The Morgan fingerprint density at radius 1 is 0.842 bits per heavy atom. The molecule has 3 heteroatoms. The fraction of sp³-hybridized carbons (Fsp3) is 0.188. The van der Waals surface area contributed by atoms with E-state index in [-0.39, 0.29) is 24.4 Å². The first kappa shape index (κ1) is 13.1. The van der Waals surface area contributed by atoms with Crippen molar-refractivity contribution in [3.8, 4) is 0 Å². The number of ketones is 2. The lowest BCUT2D eigenvalue weighted by atomic mass is 10.0. The number of nitrogens with zero attached hydrogens (tertiary/aromatic N) is 1. The van der Waals surface area contributed by atoms with E-state index in [0.717, 1.165) is 5.56 Å². The number of hydrogen-bond acceptors (Lipinski definition) is 3. The summed E-state index contributed by atoms with van der Waals surface area (Å²) in [7, 11) is 0. The van der Waals surface area contributed by atoms with Crippen LogP contribution >= 0.6 is 0 Å². The summed E-state index contributed by atoms with van der Waals surface area (Å²) < 4.78 is 0. The van der Waals surface area contributed by atoms with Crippen LogP contribution in [0.1, 0.15) is 39.1 Å². The highest BCUT2D eigenvalue weighted by Gasteiger charge is 2.10. The van der Waals surface area contributed by atoms with E-state index in [1.807, 2.05) is 19.1 Å². The van der Waals surface area contributed by atoms with Crippen LogP contribution in [0.5, 0.6) is 0 Å². The molecule has 1 heterocycles. The van der Waals surface area contributed by atoms with Crippen molar-refractivity contribution in [2.75, 3.05) is 0 Å². The maximum absolute atomic E-state index is 11.9. The summed E-state index contributed by atoms with van der Waals surface area (Å²) >= 11 is 0. The fourth-order valence-corrected chi connectivity index (χ4v) is 1.79. The van der Waals surface area contributed by atoms with Crippen LogP contribution in [0.15, 0.2) is 48.8 Å². The number of pyridine rings is 1. The van der Waals surface area contributed by atoms with Crippen molar-refractivity contribution in [1.29, 1.82) is 0 Å². The van der Waals surface area contributed by atoms with Gasteiger partial charge in [-0.15, -0.1) is 0 Å². The molecule has 3 nitrogen and oxygen atoms in total. The van der Waals surface area contributed by atoms with Crippen LogP contribution in [0.25, 0.3) is 0 Å². The molecule has 0 unspecified atom stereocenters. The van der Waals surface area contributed by atoms with Crippen LogP contribution < -0.4 is 0 Å². The van der Waals surface area contributed by atoms with Crippen LogP contribution in [0.4, 0.5) is 0 Å². The lowest BCUT2D eigenvalue weighted by Crippen LogP contribution is -2.05. The number of carbonyl (C=O) groups is 2. The third-order valence-corrected chi connectivity index (χ3v) is 2.95. The molecule has 0 amide bonds. The lowest BCUT2D eigenvalue weighted by molar-refractivity contribution is 0.0917. The minimum atomic E-state index is -0.0251. The summed E-state index contributed by atoms with van der Waals surface area (Å²) in [6.07, 6.45) is 3.63. The highest BCUT2D eigenvalue weighted by molar-refractivity contribution is 6.02. The maximum Gasteiger partial charge on any atom is 0.163 e. The monoisotopic (exact) mass is 253 g/mol. The Morgan fingerprint density at radius 2 is 1.32 bits per heavy atom. The summed E-state index contributed by atoms with van der Waals surface area (Å²) in [6, 6.07) is 10.7. The van der Waals surface area contributed by atoms with Crippen LogP contribution in [0.3, 0.4) is 0 Å². The van der Waals surface area contributed by atoms with Gasteiger partial charge in [-0.3, -0.25) is 14.6 Å². The maximum atomic E-state index is 11.9. The van der Waals surface area contributed by atoms with Gasteiger partial charge in [0.1, 0.15) is 0 Å². The Hall–Kier alpha value is -2.29. The summed E-state index contributed by atoms with van der Waals surface area (Å²) in [6.45, 7) is 1.97. The average molecular weight is 253 g/mol. The van der Waals surface area contributed by atoms with Gasteiger partial charge in [-0.2, -0.15) is 0 Å². The number of aryl methyl sites for hydroxylation is 1. The van der Waals surface area contributed by atoms with Gasteiger partial charge in [0.05, 0.1) is 0 Å². The molecule has 0 fully saturated rings. The Labute approximate surface area is 112 Å². The zero-order valence-electron chi connectivity index (χ0n) is 10.8. The molecule has 0 atom stereocenters. The van der Waals surface area contributed by atoms with E-state index in [2.05, 4.69) is 4.98 Å². The third-order valence-electron chi connectivity index (χ3n) is 2.95. The van der Waals surface area contributed by atoms with Crippen molar-refractivity contribution < 1.29 is 9.59 Å². The Balaban J connectivity index is 1.94. The minimum absolute atomic E-state index is 0.00223. The third kappa shape index (κ3) is 3.58. The van der Waals surface area contributed by atoms with E-state index in [1.54, 1.807) is 36.7 Å². The topological polar surface area (TPSA) is 47.0 Å². The second-order valence-electron chi connectivity index (χ2n) is 4.45. The van der Waals surface area contributed by atoms with Gasteiger partial charge in [-0.05, 0) is 19.1 Å². The van der Waals surface area contributed by atoms with Gasteiger partial charge in [-0.25, -0.2) is 0 Å². The standard InChI is InChI=1S/C16H15NO2/c1-12-2-4-13(5-3-12)15(18)6-7-16(19)14-8-10-17-11-9-14/h2-5,8-11H,6-7H2,1H3. The highest BCUT2D eigenvalue weighted by atomic mass is 16.1. The molecule has 0 N–H and O–H groups in total. The molecule has 2 rings (SSSR count). The molecule has 19 heavy (non-hydrogen) atoms. The predicted octanol–water partition coefficient (Wildman–Crippen LogP) is 3.24. The van der Waals surface area contributed by atoms with Gasteiger partial charge in [0.15, 0.2) is 11.6 Å². The zero-order valence-corrected chi connectivity index (χ0v) is 10.8. The molecule has 0 saturated carbocycles. The molecular formula is C16H15NO2. The highest BCUT2D eigenvalue weighted by Crippen LogP contribution is 2.10. The number of aromatic nitrogens is 1. The van der Waals surface area contributed by atoms with Crippen molar-refractivity contribution in [2.45, 2.75) is 19.8 Å². The molecule has 0 radical (unpaired) electrons. The normalized spacial score (nSPS) is 10.2. The molecule has 0 saturated heterocycles. The van der Waals surface area contributed by atoms with Crippen LogP contribution in [-0.2, 0) is 0 Å². The molecule has 0 aliphatic carbocycles. The Kier molecular flexibility index (Phi) is 4.18. The number of hydrogen-bond donors (Lipinski definition) is 0. The van der Waals surface area contributed by atoms with Gasteiger partial charge in [0, 0.05) is 36.4 Å². The first-order valence-corrected chi connectivity index (χ1v) is 6.20. The molecular weight excluding hydrogens is 238 g/mol. The first-order valence-electron chi connectivity index (χ1n) is 6.20. The summed E-state index contributed by atoms with van der Waals surface area (Å²) in [4.78, 5) is 27.6. The number of rotatable bonds is 5. The largest absolute Gasteiger partial charge is 0.294 e. The first-order chi connectivity index (χ1) is 9.16. The molecule has 0 aliphatic heterocycles. The number of Topliss-reactive ketones (excluding diaryl/α,β-unsaturated/α-hetero) is 2. The molecule has 96 valence electrons. The van der Waals surface area contributed by atoms with E-state index >= 15 is 0 Å². The van der Waals surface area contributed by atoms with Crippen molar-refractivity contribution in [3.05, 3.63) is 65.5 Å². The number of benzene rings is 1. The van der Waals surface area contributed by atoms with Crippen LogP contribution in [0.2, 0.25) is 0 Å². The van der Waals surface area contributed by atoms with E-state index < -0.39 is 0 Å². The molecule has 0 aliphatic rings. The van der Waals surface area contributed by atoms with Crippen molar-refractivity contribution in [1.82, 2.24) is 4.98 Å². The summed E-state index contributed by atoms with van der Waals surface area (Å²) in [5.41, 5.74) is 2.38. The van der Waals surface area contributed by atoms with E-state index in [1.165, 1.54) is 0 Å². The van der Waals surface area contributed by atoms with Crippen LogP contribution in [-0.4, -0.2) is 16.6 Å². The van der Waals surface area contributed by atoms with E-state index in [4.69, 9.17) is 0 Å². The molecule has 0 spiro atoms. The van der Waals surface area contributed by atoms with Crippen molar-refractivity contribution in [3.63, 3.8) is 0 Å². The molecule has 1 aromatic carbocycles. The van der Waals surface area contributed by atoms with Gasteiger partial charge < -0.3 is 0 Å². The van der Waals surface area contributed by atoms with E-state index in [9.17, 15) is 9.59 Å². The van der Waals surface area contributed by atoms with Gasteiger partial charge in [0.25, 0.3) is 0 Å². The van der Waals surface area contributed by atoms with Gasteiger partial charge in [-0.1, -0.05) is 29.8 Å². The summed E-state index contributed by atoms with van der Waals surface area (Å²) in [5.74, 6) is -0.0229. The lowest BCUT2D eigenvalue weighted by Gasteiger charge is -2.02. The molecule has 1 aromatic heterocycles. The predicted molar refractivity (Wildman–Crippen MR) is 73.3 cm³/mol. The summed E-state index contributed by atoms with van der Waals surface area (Å²) in [5, 5.41) is 0. The van der Waals surface area contributed by atoms with Crippen molar-refractivity contribution in [2.24, 2.45) is 0 Å². The zero-order chi connectivity index (χ0) is 13.7. The smallest absolute Gasteiger partial charge is 0.163 e. The second-order valence-corrected chi connectivity index (χ2v) is 4.45. The SMILES string of the molecule is Cc1ccc(C(=O)CCC(=O)c2ccncc2)cc1. The van der Waals surface area contributed by atoms with E-state index in [0.29, 0.717) is 11.1 Å². The van der Waals surface area contributed by atoms with Crippen LogP contribution in [0, 0.1) is 6.92 Å². The fourth-order valence-electron chi connectivity index (χ4n) is 1.79. The minimum Gasteiger partial charge on any atom is -0.294 e. The molecule has 0 bridgehead atoms. The number of carbonyl (C=O) groups excluding carboxylic acids is 2. The Bertz CT molecular complexity index is 573. The second kappa shape index (κ2) is 6.05. The Morgan fingerprint density at radius 3 is 1.84 bits per heavy atom.